The van der Waals surface area contributed by atoms with Crippen molar-refractivity contribution in [2.45, 2.75) is 57.2 Å². The summed E-state index contributed by atoms with van der Waals surface area (Å²) >= 11 is 7.98. The number of benzene rings is 1. The molecule has 0 radical (unpaired) electrons. The highest BCUT2D eigenvalue weighted by Crippen LogP contribution is 2.33. The maximum atomic E-state index is 13.6. The Morgan fingerprint density at radius 1 is 1.15 bits per heavy atom. The molecule has 0 saturated heterocycles. The molecular weight excluding hydrogens is 459 g/mol. The zero-order chi connectivity index (χ0) is 22.8. The van der Waals surface area contributed by atoms with E-state index in [1.807, 2.05) is 6.07 Å². The highest BCUT2D eigenvalue weighted by atomic mass is 35.5. The van der Waals surface area contributed by atoms with Crippen molar-refractivity contribution >= 4 is 28.8 Å². The van der Waals surface area contributed by atoms with Gasteiger partial charge in [-0.2, -0.15) is 0 Å². The number of thiophene rings is 1. The highest BCUT2D eigenvalue weighted by Gasteiger charge is 2.33. The second kappa shape index (κ2) is 9.66. The number of halogens is 2. The van der Waals surface area contributed by atoms with E-state index in [1.54, 1.807) is 17.4 Å². The molecule has 174 valence electrons. The van der Waals surface area contributed by atoms with E-state index < -0.39 is 5.60 Å². The fourth-order valence-electron chi connectivity index (χ4n) is 4.97. The first-order valence-electron chi connectivity index (χ1n) is 11.5. The predicted octanol–water partition coefficient (Wildman–Crippen LogP) is 5.66. The molecule has 3 heterocycles. The van der Waals surface area contributed by atoms with Crippen LogP contribution >= 0.6 is 22.9 Å². The van der Waals surface area contributed by atoms with Gasteiger partial charge in [0.2, 0.25) is 0 Å². The lowest BCUT2D eigenvalue weighted by Gasteiger charge is -2.38. The first-order chi connectivity index (χ1) is 16.0. The summed E-state index contributed by atoms with van der Waals surface area (Å²) < 4.78 is 13.6. The Hall–Kier alpha value is -2.06. The Kier molecular flexibility index (Phi) is 6.65. The number of hydrogen-bond donors (Lipinski definition) is 2. The number of aromatic nitrogens is 2. The number of nitrogens with one attached hydrogen (secondary N) is 1. The maximum absolute atomic E-state index is 13.6. The monoisotopic (exact) mass is 486 g/mol. The van der Waals surface area contributed by atoms with Gasteiger partial charge in [0, 0.05) is 36.6 Å². The van der Waals surface area contributed by atoms with Crippen molar-refractivity contribution in [2.24, 2.45) is 0 Å². The molecule has 1 aliphatic carbocycles. The molecule has 2 aromatic heterocycles. The van der Waals surface area contributed by atoms with Gasteiger partial charge < -0.3 is 10.4 Å². The third-order valence-corrected chi connectivity index (χ3v) is 8.14. The number of aliphatic hydroxyl groups is 1. The zero-order valence-corrected chi connectivity index (χ0v) is 20.1. The molecule has 0 bridgehead atoms. The first kappa shape index (κ1) is 22.7. The molecule has 5 rings (SSSR count). The average molecular weight is 487 g/mol. The van der Waals surface area contributed by atoms with E-state index >= 15 is 0 Å². The van der Waals surface area contributed by atoms with Crippen LogP contribution in [0.4, 0.5) is 10.2 Å². The summed E-state index contributed by atoms with van der Waals surface area (Å²) in [5.74, 6) is 0.315. The number of rotatable bonds is 6. The second-order valence-electron chi connectivity index (χ2n) is 9.19. The average Bonchev–Trinajstić information content (AvgIpc) is 3.22. The van der Waals surface area contributed by atoms with Crippen molar-refractivity contribution in [1.82, 2.24) is 15.1 Å². The molecule has 1 saturated carbocycles. The van der Waals surface area contributed by atoms with E-state index in [0.717, 1.165) is 51.7 Å². The molecule has 8 heteroatoms. The van der Waals surface area contributed by atoms with Crippen LogP contribution in [0.1, 0.15) is 48.1 Å². The Balaban J connectivity index is 1.20. The van der Waals surface area contributed by atoms with Crippen LogP contribution in [0.5, 0.6) is 0 Å². The minimum Gasteiger partial charge on any atom is -0.389 e. The molecule has 0 unspecified atom stereocenters. The molecule has 5 nitrogen and oxygen atoms in total. The summed E-state index contributed by atoms with van der Waals surface area (Å²) in [6.45, 7) is 3.38. The van der Waals surface area contributed by atoms with Crippen LogP contribution in [0, 0.1) is 5.82 Å². The smallest absolute Gasteiger partial charge is 0.148 e. The Bertz CT molecular complexity index is 1110. The number of fused-ring (bicyclic) bond motifs is 1. The fourth-order valence-corrected chi connectivity index (χ4v) is 6.32. The van der Waals surface area contributed by atoms with Gasteiger partial charge in [-0.3, -0.25) is 4.90 Å². The van der Waals surface area contributed by atoms with Gasteiger partial charge in [0.25, 0.3) is 0 Å². The molecule has 3 aromatic rings. The zero-order valence-electron chi connectivity index (χ0n) is 18.5. The van der Waals surface area contributed by atoms with E-state index in [-0.39, 0.29) is 5.82 Å². The van der Waals surface area contributed by atoms with Crippen molar-refractivity contribution in [1.29, 1.82) is 0 Å². The van der Waals surface area contributed by atoms with Crippen molar-refractivity contribution in [3.05, 3.63) is 62.6 Å². The van der Waals surface area contributed by atoms with Gasteiger partial charge >= 0.3 is 0 Å². The third kappa shape index (κ3) is 5.22. The molecule has 2 N–H and O–H groups in total. The minimum atomic E-state index is -0.502. The Morgan fingerprint density at radius 2 is 2.00 bits per heavy atom. The van der Waals surface area contributed by atoms with Crippen LogP contribution in [0.25, 0.3) is 11.3 Å². The lowest BCUT2D eigenvalue weighted by atomic mass is 9.84. The summed E-state index contributed by atoms with van der Waals surface area (Å²) in [7, 11) is 0. The van der Waals surface area contributed by atoms with Crippen molar-refractivity contribution < 1.29 is 9.50 Å². The number of anilines is 1. The maximum Gasteiger partial charge on any atom is 0.148 e. The highest BCUT2D eigenvalue weighted by molar-refractivity contribution is 7.10. The van der Waals surface area contributed by atoms with Crippen LogP contribution in [-0.2, 0) is 19.5 Å². The van der Waals surface area contributed by atoms with Gasteiger partial charge in [0.15, 0.2) is 0 Å². The Labute approximate surface area is 202 Å². The largest absolute Gasteiger partial charge is 0.389 e. The van der Waals surface area contributed by atoms with Crippen LogP contribution < -0.4 is 5.32 Å². The molecule has 0 spiro atoms. The molecule has 1 fully saturated rings. The van der Waals surface area contributed by atoms with Crippen LogP contribution in [-0.4, -0.2) is 38.9 Å². The summed E-state index contributed by atoms with van der Waals surface area (Å²) in [6, 6.07) is 7.86. The van der Waals surface area contributed by atoms with Crippen LogP contribution in [0.3, 0.4) is 0 Å². The molecule has 0 amide bonds. The summed E-state index contributed by atoms with van der Waals surface area (Å²) in [6.07, 6.45) is 6.41. The summed E-state index contributed by atoms with van der Waals surface area (Å²) in [4.78, 5) is 3.82. The van der Waals surface area contributed by atoms with Gasteiger partial charge in [-0.05, 0) is 66.1 Å². The SMILES string of the molecule is OC1(CN2CCc3c(CNc4ccc(-c5cc(F)ccc5Cl)nn4)csc3C2)CCCCC1. The lowest BCUT2D eigenvalue weighted by molar-refractivity contribution is -0.0289. The van der Waals surface area contributed by atoms with Gasteiger partial charge in [-0.1, -0.05) is 30.9 Å². The molecule has 1 aliphatic heterocycles. The normalized spacial score (nSPS) is 18.2. The minimum absolute atomic E-state index is 0.355. The van der Waals surface area contributed by atoms with Crippen LogP contribution in [0.2, 0.25) is 5.02 Å². The standard InChI is InChI=1S/C25H28ClFN4OS/c26-21-5-4-18(27)12-20(21)22-6-7-24(30-29-22)28-13-17-15-33-23-14-31(11-8-19(17)23)16-25(32)9-2-1-3-10-25/h4-7,12,15,32H,1-3,8-11,13-14,16H2,(H,28,30). The topological polar surface area (TPSA) is 61.3 Å². The molecule has 1 aromatic carbocycles. The van der Waals surface area contributed by atoms with Crippen molar-refractivity contribution in [3.63, 3.8) is 0 Å². The number of hydrogen-bond acceptors (Lipinski definition) is 6. The molecule has 2 aliphatic rings. The summed E-state index contributed by atoms with van der Waals surface area (Å²) in [5, 5.41) is 25.4. The number of β-amino-alcohol motifs (C(OH)–C–C–N with tert-alkyl or cyclic N) is 1. The van der Waals surface area contributed by atoms with Crippen molar-refractivity contribution in [2.75, 3.05) is 18.4 Å². The lowest BCUT2D eigenvalue weighted by Crippen LogP contribution is -2.45. The Morgan fingerprint density at radius 3 is 2.79 bits per heavy atom. The summed E-state index contributed by atoms with van der Waals surface area (Å²) in [5.41, 5.74) is 3.29. The van der Waals surface area contributed by atoms with Gasteiger partial charge in [-0.25, -0.2) is 4.39 Å². The molecule has 33 heavy (non-hydrogen) atoms. The fraction of sp³-hybridized carbons (Fsp3) is 0.440. The number of nitrogens with zero attached hydrogens (tertiary/aromatic N) is 3. The van der Waals surface area contributed by atoms with Crippen LogP contribution in [0.15, 0.2) is 35.7 Å². The predicted molar refractivity (Wildman–Crippen MR) is 131 cm³/mol. The quantitative estimate of drug-likeness (QED) is 0.470. The molecule has 0 atom stereocenters. The van der Waals surface area contributed by atoms with Gasteiger partial charge in [-0.15, -0.1) is 21.5 Å². The van der Waals surface area contributed by atoms with Gasteiger partial charge in [0.05, 0.1) is 16.3 Å². The van der Waals surface area contributed by atoms with E-state index in [4.69, 9.17) is 11.6 Å². The van der Waals surface area contributed by atoms with E-state index in [2.05, 4.69) is 25.8 Å². The van der Waals surface area contributed by atoms with E-state index in [1.165, 1.54) is 40.6 Å². The van der Waals surface area contributed by atoms with Gasteiger partial charge in [0.1, 0.15) is 11.6 Å². The van der Waals surface area contributed by atoms with Crippen molar-refractivity contribution in [3.8, 4) is 11.3 Å². The van der Waals surface area contributed by atoms with E-state index in [9.17, 15) is 9.50 Å². The first-order valence-corrected chi connectivity index (χ1v) is 12.8. The van der Waals surface area contributed by atoms with E-state index in [0.29, 0.717) is 28.6 Å². The second-order valence-corrected chi connectivity index (χ2v) is 10.6. The third-order valence-electron chi connectivity index (χ3n) is 6.74. The molecular formula is C25H28ClFN4OS.